The largest absolute Gasteiger partial charge is 0.324 e. The van der Waals surface area contributed by atoms with E-state index in [-0.39, 0.29) is 24.4 Å². The average Bonchev–Trinajstić information content (AvgIpc) is 2.91. The highest BCUT2D eigenvalue weighted by atomic mass is 35.5. The molecule has 1 fully saturated rings. The fraction of sp³-hybridized carbons (Fsp3) is 0.529. The number of benzene rings is 1. The van der Waals surface area contributed by atoms with E-state index in [0.717, 1.165) is 42.3 Å². The quantitative estimate of drug-likeness (QED) is 0.898. The predicted octanol–water partition coefficient (Wildman–Crippen LogP) is 3.64. The van der Waals surface area contributed by atoms with Gasteiger partial charge in [0.1, 0.15) is 0 Å². The average molecular weight is 337 g/mol. The maximum Gasteiger partial charge on any atom is 0.244 e. The molecule has 23 heavy (non-hydrogen) atoms. The standard InChI is InChI=1S/C17H24N4O.ClH/c1-12(2)21-15-10-14(7-6-13(15)11-19-21)20-16(22)17(18)8-4-3-5-9-17;/h6-7,10-12H,3-5,8-9,18H2,1-2H3,(H,20,22);1H. The number of carbonyl (C=O) groups excluding carboxylic acids is 1. The Kier molecular flexibility index (Phi) is 5.32. The number of anilines is 1. The number of nitrogens with zero attached hydrogens (tertiary/aromatic N) is 2. The van der Waals surface area contributed by atoms with Crippen molar-refractivity contribution < 1.29 is 4.79 Å². The van der Waals surface area contributed by atoms with Gasteiger partial charge in [-0.25, -0.2) is 0 Å². The van der Waals surface area contributed by atoms with Crippen LogP contribution >= 0.6 is 12.4 Å². The predicted molar refractivity (Wildman–Crippen MR) is 96.0 cm³/mol. The van der Waals surface area contributed by atoms with Crippen LogP contribution in [0.2, 0.25) is 0 Å². The summed E-state index contributed by atoms with van der Waals surface area (Å²) in [5.74, 6) is -0.0674. The van der Waals surface area contributed by atoms with Crippen LogP contribution in [0.5, 0.6) is 0 Å². The first kappa shape index (κ1) is 17.8. The second-order valence-electron chi connectivity index (χ2n) is 6.63. The molecule has 0 spiro atoms. The topological polar surface area (TPSA) is 72.9 Å². The first-order valence-electron chi connectivity index (χ1n) is 8.07. The van der Waals surface area contributed by atoms with E-state index in [9.17, 15) is 4.79 Å². The van der Waals surface area contributed by atoms with Gasteiger partial charge in [-0.05, 0) is 44.9 Å². The Morgan fingerprint density at radius 2 is 2.00 bits per heavy atom. The van der Waals surface area contributed by atoms with Crippen molar-refractivity contribution in [2.45, 2.75) is 57.5 Å². The lowest BCUT2D eigenvalue weighted by atomic mass is 9.82. The summed E-state index contributed by atoms with van der Waals surface area (Å²) in [4.78, 5) is 12.5. The molecule has 0 unspecified atom stereocenters. The van der Waals surface area contributed by atoms with Crippen molar-refractivity contribution >= 4 is 34.9 Å². The molecule has 0 saturated heterocycles. The summed E-state index contributed by atoms with van der Waals surface area (Å²) < 4.78 is 1.96. The van der Waals surface area contributed by atoms with Crippen LogP contribution in [0.3, 0.4) is 0 Å². The zero-order valence-electron chi connectivity index (χ0n) is 13.7. The van der Waals surface area contributed by atoms with Crippen molar-refractivity contribution in [3.8, 4) is 0 Å². The SMILES string of the molecule is CC(C)n1ncc2ccc(NC(=O)C3(N)CCCCC3)cc21.Cl. The third kappa shape index (κ3) is 3.51. The summed E-state index contributed by atoms with van der Waals surface area (Å²) in [6.45, 7) is 4.18. The molecule has 1 aliphatic carbocycles. The molecular formula is C17H25ClN4O. The van der Waals surface area contributed by atoms with Crippen molar-refractivity contribution in [3.05, 3.63) is 24.4 Å². The molecular weight excluding hydrogens is 312 g/mol. The molecule has 1 aromatic heterocycles. The molecule has 126 valence electrons. The number of fused-ring (bicyclic) bond motifs is 1. The highest BCUT2D eigenvalue weighted by Gasteiger charge is 2.35. The molecule has 1 amide bonds. The number of nitrogens with two attached hydrogens (primary N) is 1. The van der Waals surface area contributed by atoms with Crippen LogP contribution in [0.15, 0.2) is 24.4 Å². The van der Waals surface area contributed by atoms with Crippen molar-refractivity contribution in [1.82, 2.24) is 9.78 Å². The van der Waals surface area contributed by atoms with E-state index >= 15 is 0 Å². The summed E-state index contributed by atoms with van der Waals surface area (Å²) in [6, 6.07) is 6.16. The van der Waals surface area contributed by atoms with E-state index in [1.807, 2.05) is 29.1 Å². The van der Waals surface area contributed by atoms with Crippen LogP contribution in [0, 0.1) is 0 Å². The summed E-state index contributed by atoms with van der Waals surface area (Å²) in [5, 5.41) is 8.47. The Bertz CT molecular complexity index is 689. The van der Waals surface area contributed by atoms with Gasteiger partial charge in [0.15, 0.2) is 0 Å². The molecule has 0 atom stereocenters. The molecule has 0 bridgehead atoms. The monoisotopic (exact) mass is 336 g/mol. The van der Waals surface area contributed by atoms with E-state index in [2.05, 4.69) is 24.3 Å². The summed E-state index contributed by atoms with van der Waals surface area (Å²) in [7, 11) is 0. The highest BCUT2D eigenvalue weighted by molar-refractivity contribution is 5.99. The Morgan fingerprint density at radius 3 is 2.65 bits per heavy atom. The number of hydrogen-bond acceptors (Lipinski definition) is 3. The van der Waals surface area contributed by atoms with Gasteiger partial charge in [0.05, 0.1) is 17.3 Å². The lowest BCUT2D eigenvalue weighted by molar-refractivity contribution is -0.122. The zero-order valence-corrected chi connectivity index (χ0v) is 14.5. The Hall–Kier alpha value is -1.59. The van der Waals surface area contributed by atoms with Crippen LogP contribution in [-0.2, 0) is 4.79 Å². The van der Waals surface area contributed by atoms with Gasteiger partial charge in [0, 0.05) is 17.1 Å². The van der Waals surface area contributed by atoms with Gasteiger partial charge in [0.2, 0.25) is 5.91 Å². The maximum absolute atomic E-state index is 12.5. The third-order valence-electron chi connectivity index (χ3n) is 4.54. The summed E-state index contributed by atoms with van der Waals surface area (Å²) in [5.41, 5.74) is 7.39. The van der Waals surface area contributed by atoms with Crippen LogP contribution in [-0.4, -0.2) is 21.2 Å². The molecule has 1 heterocycles. The minimum absolute atomic E-state index is 0. The summed E-state index contributed by atoms with van der Waals surface area (Å²) in [6.07, 6.45) is 6.63. The van der Waals surface area contributed by atoms with Crippen molar-refractivity contribution in [2.24, 2.45) is 5.73 Å². The number of aromatic nitrogens is 2. The van der Waals surface area contributed by atoms with Gasteiger partial charge in [-0.3, -0.25) is 9.48 Å². The lowest BCUT2D eigenvalue weighted by Gasteiger charge is -2.31. The highest BCUT2D eigenvalue weighted by Crippen LogP contribution is 2.28. The smallest absolute Gasteiger partial charge is 0.244 e. The molecule has 0 radical (unpaired) electrons. The number of rotatable bonds is 3. The fourth-order valence-electron chi connectivity index (χ4n) is 3.19. The molecule has 2 aromatic rings. The molecule has 0 aliphatic heterocycles. The van der Waals surface area contributed by atoms with Crippen LogP contribution in [0.25, 0.3) is 10.9 Å². The van der Waals surface area contributed by atoms with E-state index in [1.165, 1.54) is 6.42 Å². The van der Waals surface area contributed by atoms with Gasteiger partial charge in [-0.15, -0.1) is 12.4 Å². The fourth-order valence-corrected chi connectivity index (χ4v) is 3.19. The first-order chi connectivity index (χ1) is 10.5. The molecule has 1 aliphatic rings. The van der Waals surface area contributed by atoms with E-state index in [0.29, 0.717) is 0 Å². The molecule has 1 saturated carbocycles. The number of hydrogen-bond donors (Lipinski definition) is 2. The minimum Gasteiger partial charge on any atom is -0.324 e. The molecule has 3 N–H and O–H groups in total. The molecule has 3 rings (SSSR count). The van der Waals surface area contributed by atoms with Crippen LogP contribution in [0.4, 0.5) is 5.69 Å². The molecule has 5 nitrogen and oxygen atoms in total. The molecule has 6 heteroatoms. The third-order valence-corrected chi connectivity index (χ3v) is 4.54. The second-order valence-corrected chi connectivity index (χ2v) is 6.63. The van der Waals surface area contributed by atoms with Crippen molar-refractivity contribution in [3.63, 3.8) is 0 Å². The first-order valence-corrected chi connectivity index (χ1v) is 8.07. The van der Waals surface area contributed by atoms with Gasteiger partial charge in [0.25, 0.3) is 0 Å². The number of nitrogens with one attached hydrogen (secondary N) is 1. The van der Waals surface area contributed by atoms with Crippen molar-refractivity contribution in [1.29, 1.82) is 0 Å². The van der Waals surface area contributed by atoms with Gasteiger partial charge >= 0.3 is 0 Å². The van der Waals surface area contributed by atoms with Gasteiger partial charge in [-0.2, -0.15) is 5.10 Å². The normalized spacial score (nSPS) is 17.0. The van der Waals surface area contributed by atoms with Crippen LogP contribution < -0.4 is 11.1 Å². The van der Waals surface area contributed by atoms with Crippen molar-refractivity contribution in [2.75, 3.05) is 5.32 Å². The van der Waals surface area contributed by atoms with Gasteiger partial charge < -0.3 is 11.1 Å². The van der Waals surface area contributed by atoms with Gasteiger partial charge in [-0.1, -0.05) is 19.3 Å². The number of carbonyl (C=O) groups is 1. The van der Waals surface area contributed by atoms with Crippen LogP contribution in [0.1, 0.15) is 52.0 Å². The van der Waals surface area contributed by atoms with E-state index < -0.39 is 5.54 Å². The second kappa shape index (κ2) is 6.89. The Labute approximate surface area is 143 Å². The minimum atomic E-state index is -0.717. The Balaban J connectivity index is 0.00000192. The molecule has 1 aromatic carbocycles. The zero-order chi connectivity index (χ0) is 15.7. The lowest BCUT2D eigenvalue weighted by Crippen LogP contribution is -2.52. The number of amides is 1. The van der Waals surface area contributed by atoms with E-state index in [4.69, 9.17) is 5.73 Å². The Morgan fingerprint density at radius 1 is 1.30 bits per heavy atom. The summed E-state index contributed by atoms with van der Waals surface area (Å²) >= 11 is 0. The maximum atomic E-state index is 12.5. The number of halogens is 1. The van der Waals surface area contributed by atoms with E-state index in [1.54, 1.807) is 0 Å².